The summed E-state index contributed by atoms with van der Waals surface area (Å²) >= 11 is 8.09. The first kappa shape index (κ1) is 14.2. The summed E-state index contributed by atoms with van der Waals surface area (Å²) in [4.78, 5) is 0. The van der Waals surface area contributed by atoms with Gasteiger partial charge >= 0.3 is 0 Å². The van der Waals surface area contributed by atoms with E-state index in [1.165, 1.54) is 0 Å². The zero-order valence-corrected chi connectivity index (χ0v) is 13.0. The van der Waals surface area contributed by atoms with E-state index in [1.807, 2.05) is 25.7 Å². The minimum Gasteiger partial charge on any atom is -0.389 e. The van der Waals surface area contributed by atoms with E-state index in [4.69, 9.17) is 11.6 Å². The number of aliphatic hydroxyl groups is 1. The van der Waals surface area contributed by atoms with Gasteiger partial charge < -0.3 is 5.11 Å². The second-order valence-corrected chi connectivity index (χ2v) is 7.57. The third-order valence-electron chi connectivity index (χ3n) is 3.43. The van der Waals surface area contributed by atoms with Crippen LogP contribution in [0.3, 0.4) is 0 Å². The number of aromatic nitrogens is 2. The van der Waals surface area contributed by atoms with E-state index in [1.54, 1.807) is 4.68 Å². The fraction of sp³-hybridized carbons (Fsp3) is 0.769. The fourth-order valence-electron chi connectivity index (χ4n) is 2.81. The van der Waals surface area contributed by atoms with Crippen molar-refractivity contribution in [2.24, 2.45) is 12.5 Å². The molecule has 5 heteroatoms. The molecule has 2 heterocycles. The van der Waals surface area contributed by atoms with E-state index in [0.717, 1.165) is 29.3 Å². The first-order chi connectivity index (χ1) is 8.22. The highest BCUT2D eigenvalue weighted by molar-refractivity contribution is 7.99. The maximum Gasteiger partial charge on any atom is 0.0848 e. The highest BCUT2D eigenvalue weighted by atomic mass is 35.5. The Labute approximate surface area is 118 Å². The van der Waals surface area contributed by atoms with E-state index in [9.17, 15) is 5.11 Å². The summed E-state index contributed by atoms with van der Waals surface area (Å²) < 4.78 is 1.79. The van der Waals surface area contributed by atoms with E-state index >= 15 is 0 Å². The summed E-state index contributed by atoms with van der Waals surface area (Å²) in [6.07, 6.45) is 1.40. The Morgan fingerprint density at radius 2 is 2.11 bits per heavy atom. The lowest BCUT2D eigenvalue weighted by Gasteiger charge is -2.41. The van der Waals surface area contributed by atoms with E-state index in [2.05, 4.69) is 18.9 Å². The maximum absolute atomic E-state index is 10.8. The molecule has 0 radical (unpaired) electrons. The number of hydrogen-bond donors (Lipinski definition) is 1. The van der Waals surface area contributed by atoms with E-state index < -0.39 is 5.60 Å². The topological polar surface area (TPSA) is 38.0 Å². The standard InChI is InChI=1S/C13H21ClN2OS/c1-9-11(14)10(16(4)15-9)5-13(17)6-12(2,3)7-18-8-13/h17H,5-8H2,1-4H3. The molecule has 0 amide bonds. The Bertz CT molecular complexity index is 458. The van der Waals surface area contributed by atoms with Gasteiger partial charge in [-0.2, -0.15) is 16.9 Å². The van der Waals surface area contributed by atoms with Crippen LogP contribution in [0.25, 0.3) is 0 Å². The average molecular weight is 289 g/mol. The first-order valence-corrected chi connectivity index (χ1v) is 7.74. The summed E-state index contributed by atoms with van der Waals surface area (Å²) in [5.41, 5.74) is 1.28. The van der Waals surface area contributed by atoms with Crippen LogP contribution in [0.15, 0.2) is 0 Å². The molecular weight excluding hydrogens is 268 g/mol. The van der Waals surface area contributed by atoms with Crippen molar-refractivity contribution in [1.29, 1.82) is 0 Å². The normalized spacial score (nSPS) is 27.4. The molecule has 1 atom stereocenters. The first-order valence-electron chi connectivity index (χ1n) is 6.21. The van der Waals surface area contributed by atoms with E-state index in [-0.39, 0.29) is 5.41 Å². The van der Waals surface area contributed by atoms with Crippen LogP contribution in [0.5, 0.6) is 0 Å². The van der Waals surface area contributed by atoms with Crippen LogP contribution in [-0.2, 0) is 13.5 Å². The number of thioether (sulfide) groups is 1. The molecule has 102 valence electrons. The summed E-state index contributed by atoms with van der Waals surface area (Å²) in [5.74, 6) is 1.88. The zero-order chi connectivity index (χ0) is 13.6. The Hall–Kier alpha value is -0.190. The molecule has 1 fully saturated rings. The summed E-state index contributed by atoms with van der Waals surface area (Å²) in [6.45, 7) is 6.32. The molecule has 1 unspecified atom stereocenters. The Morgan fingerprint density at radius 3 is 2.61 bits per heavy atom. The van der Waals surface area contributed by atoms with Gasteiger partial charge in [0.05, 0.1) is 22.0 Å². The van der Waals surface area contributed by atoms with Gasteiger partial charge in [0.2, 0.25) is 0 Å². The fourth-order valence-corrected chi connectivity index (χ4v) is 4.38. The predicted molar refractivity (Wildman–Crippen MR) is 77.3 cm³/mol. The predicted octanol–water partition coefficient (Wildman–Crippen LogP) is 2.82. The molecule has 2 rings (SSSR count). The monoisotopic (exact) mass is 288 g/mol. The molecule has 0 spiro atoms. The van der Waals surface area contributed by atoms with Gasteiger partial charge in [-0.05, 0) is 24.5 Å². The zero-order valence-electron chi connectivity index (χ0n) is 11.5. The Kier molecular flexibility index (Phi) is 3.74. The van der Waals surface area contributed by atoms with Crippen LogP contribution in [0.2, 0.25) is 5.02 Å². The van der Waals surface area contributed by atoms with Crippen LogP contribution in [-0.4, -0.2) is 32.0 Å². The minimum absolute atomic E-state index is 0.178. The summed E-state index contributed by atoms with van der Waals surface area (Å²) in [7, 11) is 1.89. The highest BCUT2D eigenvalue weighted by Gasteiger charge is 2.40. The van der Waals surface area contributed by atoms with Crippen molar-refractivity contribution in [3.63, 3.8) is 0 Å². The highest BCUT2D eigenvalue weighted by Crippen LogP contribution is 2.41. The van der Waals surface area contributed by atoms with Gasteiger partial charge in [-0.25, -0.2) is 0 Å². The molecule has 18 heavy (non-hydrogen) atoms. The number of nitrogens with zero attached hydrogens (tertiary/aromatic N) is 2. The van der Waals surface area contributed by atoms with Crippen molar-refractivity contribution in [3.8, 4) is 0 Å². The molecular formula is C13H21ClN2OS. The van der Waals surface area contributed by atoms with Crippen molar-refractivity contribution in [2.75, 3.05) is 11.5 Å². The lowest BCUT2D eigenvalue weighted by molar-refractivity contribution is 0.0184. The van der Waals surface area contributed by atoms with Crippen LogP contribution in [0.4, 0.5) is 0 Å². The van der Waals surface area contributed by atoms with Crippen LogP contribution in [0.1, 0.15) is 31.7 Å². The van der Waals surface area contributed by atoms with Gasteiger partial charge in [0.25, 0.3) is 0 Å². The largest absolute Gasteiger partial charge is 0.389 e. The smallest absolute Gasteiger partial charge is 0.0848 e. The molecule has 1 aromatic heterocycles. The molecule has 1 aromatic rings. The number of hydrogen-bond acceptors (Lipinski definition) is 3. The van der Waals surface area contributed by atoms with Crippen molar-refractivity contribution in [3.05, 3.63) is 16.4 Å². The third-order valence-corrected chi connectivity index (χ3v) is 5.65. The summed E-state index contributed by atoms with van der Waals surface area (Å²) in [5, 5.41) is 15.8. The lowest BCUT2D eigenvalue weighted by atomic mass is 9.80. The summed E-state index contributed by atoms with van der Waals surface area (Å²) in [6, 6.07) is 0. The van der Waals surface area contributed by atoms with Crippen LogP contribution >= 0.6 is 23.4 Å². The molecule has 1 aliphatic heterocycles. The molecule has 3 nitrogen and oxygen atoms in total. The Balaban J connectivity index is 2.22. The van der Waals surface area contributed by atoms with Crippen LogP contribution in [0, 0.1) is 12.3 Å². The maximum atomic E-state index is 10.8. The van der Waals surface area contributed by atoms with Crippen molar-refractivity contribution >= 4 is 23.4 Å². The van der Waals surface area contributed by atoms with Crippen molar-refractivity contribution < 1.29 is 5.11 Å². The minimum atomic E-state index is -0.670. The van der Waals surface area contributed by atoms with Crippen molar-refractivity contribution in [1.82, 2.24) is 9.78 Å². The number of halogens is 1. The quantitative estimate of drug-likeness (QED) is 0.909. The van der Waals surface area contributed by atoms with Gasteiger partial charge in [-0.3, -0.25) is 4.68 Å². The van der Waals surface area contributed by atoms with Gasteiger partial charge in [0, 0.05) is 19.2 Å². The van der Waals surface area contributed by atoms with Gasteiger partial charge in [-0.1, -0.05) is 25.4 Å². The Morgan fingerprint density at radius 1 is 1.44 bits per heavy atom. The molecule has 1 N–H and O–H groups in total. The lowest BCUT2D eigenvalue weighted by Crippen LogP contribution is -2.44. The molecule has 0 aliphatic carbocycles. The van der Waals surface area contributed by atoms with Gasteiger partial charge in [0.15, 0.2) is 0 Å². The molecule has 1 aliphatic rings. The van der Waals surface area contributed by atoms with Crippen molar-refractivity contribution in [2.45, 2.75) is 39.2 Å². The molecule has 0 aromatic carbocycles. The second kappa shape index (κ2) is 4.73. The van der Waals surface area contributed by atoms with Gasteiger partial charge in [0.1, 0.15) is 0 Å². The number of rotatable bonds is 2. The molecule has 1 saturated heterocycles. The van der Waals surface area contributed by atoms with E-state index in [0.29, 0.717) is 11.4 Å². The van der Waals surface area contributed by atoms with Gasteiger partial charge in [-0.15, -0.1) is 0 Å². The number of aryl methyl sites for hydroxylation is 2. The average Bonchev–Trinajstić information content (AvgIpc) is 2.43. The molecule has 0 saturated carbocycles. The van der Waals surface area contributed by atoms with Crippen LogP contribution < -0.4 is 0 Å². The SMILES string of the molecule is Cc1nn(C)c(CC2(O)CSCC(C)(C)C2)c1Cl. The molecule has 0 bridgehead atoms. The third kappa shape index (κ3) is 2.86. The second-order valence-electron chi connectivity index (χ2n) is 6.20.